The van der Waals surface area contributed by atoms with E-state index >= 15 is 0 Å². The van der Waals surface area contributed by atoms with Crippen molar-refractivity contribution < 1.29 is 22.7 Å². The zero-order valence-corrected chi connectivity index (χ0v) is 17.1. The van der Waals surface area contributed by atoms with Gasteiger partial charge in [0.1, 0.15) is 0 Å². The monoisotopic (exact) mass is 408 g/mol. The van der Waals surface area contributed by atoms with Crippen molar-refractivity contribution >= 4 is 15.9 Å². The molecule has 3 saturated heterocycles. The van der Waals surface area contributed by atoms with Crippen LogP contribution in [0.5, 0.6) is 0 Å². The van der Waals surface area contributed by atoms with Gasteiger partial charge in [0.25, 0.3) is 5.91 Å². The number of carbonyl (C=O) groups excluding carboxylic acids is 1. The first-order valence-corrected chi connectivity index (χ1v) is 11.5. The van der Waals surface area contributed by atoms with Crippen LogP contribution in [0.3, 0.4) is 0 Å². The van der Waals surface area contributed by atoms with Gasteiger partial charge in [-0.1, -0.05) is 0 Å². The topological polar surface area (TPSA) is 76.2 Å². The summed E-state index contributed by atoms with van der Waals surface area (Å²) in [4.78, 5) is 14.9. The van der Waals surface area contributed by atoms with E-state index in [1.54, 1.807) is 24.3 Å². The minimum Gasteiger partial charge on any atom is -0.347 e. The quantitative estimate of drug-likeness (QED) is 0.767. The molecule has 1 atom stereocenters. The van der Waals surface area contributed by atoms with Gasteiger partial charge < -0.3 is 14.4 Å². The normalized spacial score (nSPS) is 25.9. The van der Waals surface area contributed by atoms with E-state index in [2.05, 4.69) is 6.92 Å². The zero-order chi connectivity index (χ0) is 19.8. The van der Waals surface area contributed by atoms with E-state index in [0.717, 1.165) is 25.8 Å². The molecule has 8 heteroatoms. The minimum atomic E-state index is -3.59. The van der Waals surface area contributed by atoms with Crippen molar-refractivity contribution in [2.45, 2.75) is 55.8 Å². The maximum atomic E-state index is 13.0. The molecular formula is C20H28N2O5S. The molecule has 0 aromatic heterocycles. The number of sulfonamides is 1. The van der Waals surface area contributed by atoms with Crippen LogP contribution in [0.15, 0.2) is 29.2 Å². The summed E-state index contributed by atoms with van der Waals surface area (Å²) in [5.74, 6) is -0.625. The molecule has 28 heavy (non-hydrogen) atoms. The highest BCUT2D eigenvalue weighted by Crippen LogP contribution is 2.33. The third kappa shape index (κ3) is 3.70. The van der Waals surface area contributed by atoms with E-state index in [-0.39, 0.29) is 16.8 Å². The summed E-state index contributed by atoms with van der Waals surface area (Å²) in [6.45, 7) is 4.70. The minimum absolute atomic E-state index is 0.0217. The number of hydrogen-bond donors (Lipinski definition) is 0. The fourth-order valence-electron chi connectivity index (χ4n) is 4.34. The number of nitrogens with zero attached hydrogens (tertiary/aromatic N) is 2. The number of likely N-dealkylation sites (tertiary alicyclic amines) is 1. The molecule has 0 bridgehead atoms. The summed E-state index contributed by atoms with van der Waals surface area (Å²) in [5, 5.41) is 0. The third-order valence-corrected chi connectivity index (χ3v) is 8.01. The number of hydrogen-bond acceptors (Lipinski definition) is 5. The van der Waals surface area contributed by atoms with E-state index in [1.165, 1.54) is 4.31 Å². The Balaban J connectivity index is 1.45. The summed E-state index contributed by atoms with van der Waals surface area (Å²) >= 11 is 0. The van der Waals surface area contributed by atoms with Crippen molar-refractivity contribution in [3.8, 4) is 0 Å². The van der Waals surface area contributed by atoms with Crippen molar-refractivity contribution in [2.24, 2.45) is 0 Å². The highest BCUT2D eigenvalue weighted by atomic mass is 32.2. The highest BCUT2D eigenvalue weighted by molar-refractivity contribution is 7.89. The molecule has 1 unspecified atom stereocenters. The fraction of sp³-hybridized carbons (Fsp3) is 0.650. The van der Waals surface area contributed by atoms with Crippen LogP contribution < -0.4 is 0 Å². The van der Waals surface area contributed by atoms with Gasteiger partial charge in [-0.2, -0.15) is 4.31 Å². The number of amides is 1. The van der Waals surface area contributed by atoms with Crippen LogP contribution >= 0.6 is 0 Å². The zero-order valence-electron chi connectivity index (χ0n) is 16.3. The Kier molecular flexibility index (Phi) is 5.48. The van der Waals surface area contributed by atoms with Gasteiger partial charge in [0.15, 0.2) is 5.79 Å². The molecule has 3 aliphatic rings. The Bertz CT molecular complexity index is 808. The van der Waals surface area contributed by atoms with Crippen LogP contribution in [0.25, 0.3) is 0 Å². The van der Waals surface area contributed by atoms with E-state index in [9.17, 15) is 13.2 Å². The summed E-state index contributed by atoms with van der Waals surface area (Å²) in [6, 6.07) is 6.58. The molecule has 1 aromatic rings. The molecule has 1 aromatic carbocycles. The Hall–Kier alpha value is -1.48. The second-order valence-corrected chi connectivity index (χ2v) is 9.82. The number of ether oxygens (including phenoxy) is 2. The standard InChI is InChI=1S/C20H28N2O5S/c1-16-4-2-3-11-22(16)19(23)17-5-7-18(8-6-17)28(24,25)21-12-9-20(10-13-21)26-14-15-27-20/h5-8,16H,2-4,9-15H2,1H3. The van der Waals surface area contributed by atoms with Gasteiger partial charge in [0, 0.05) is 44.1 Å². The van der Waals surface area contributed by atoms with Crippen LogP contribution in [0.1, 0.15) is 49.4 Å². The first kappa shape index (κ1) is 19.8. The van der Waals surface area contributed by atoms with E-state index in [4.69, 9.17) is 9.47 Å². The number of benzene rings is 1. The maximum Gasteiger partial charge on any atom is 0.254 e. The molecule has 0 N–H and O–H groups in total. The summed E-state index contributed by atoms with van der Waals surface area (Å²) < 4.78 is 38.8. The van der Waals surface area contributed by atoms with Crippen molar-refractivity contribution in [2.75, 3.05) is 32.8 Å². The SMILES string of the molecule is CC1CCCCN1C(=O)c1ccc(S(=O)(=O)N2CCC3(CC2)OCCO3)cc1. The molecule has 1 amide bonds. The second-order valence-electron chi connectivity index (χ2n) is 7.88. The van der Waals surface area contributed by atoms with Gasteiger partial charge in [-0.15, -0.1) is 0 Å². The number of rotatable bonds is 3. The molecule has 154 valence electrons. The lowest BCUT2D eigenvalue weighted by Crippen LogP contribution is -2.47. The lowest BCUT2D eigenvalue weighted by atomic mass is 10.0. The van der Waals surface area contributed by atoms with E-state index < -0.39 is 15.8 Å². The van der Waals surface area contributed by atoms with Crippen molar-refractivity contribution in [1.82, 2.24) is 9.21 Å². The van der Waals surface area contributed by atoms with Crippen molar-refractivity contribution in [3.05, 3.63) is 29.8 Å². The van der Waals surface area contributed by atoms with Crippen LogP contribution in [0.2, 0.25) is 0 Å². The first-order valence-electron chi connectivity index (χ1n) is 10.1. The van der Waals surface area contributed by atoms with Gasteiger partial charge in [0.2, 0.25) is 10.0 Å². The summed E-state index contributed by atoms with van der Waals surface area (Å²) in [7, 11) is -3.59. The average Bonchev–Trinajstić information content (AvgIpc) is 3.16. The smallest absolute Gasteiger partial charge is 0.254 e. The molecule has 0 aliphatic carbocycles. The molecule has 3 heterocycles. The molecule has 3 fully saturated rings. The van der Waals surface area contributed by atoms with Crippen molar-refractivity contribution in [3.63, 3.8) is 0 Å². The van der Waals surface area contributed by atoms with Gasteiger partial charge in [-0.25, -0.2) is 8.42 Å². The Morgan fingerprint density at radius 1 is 1.04 bits per heavy atom. The van der Waals surface area contributed by atoms with Gasteiger partial charge in [-0.05, 0) is 50.5 Å². The molecule has 7 nitrogen and oxygen atoms in total. The molecule has 0 radical (unpaired) electrons. The third-order valence-electron chi connectivity index (χ3n) is 6.10. The molecule has 1 spiro atoms. The van der Waals surface area contributed by atoms with E-state index in [0.29, 0.717) is 44.7 Å². The Morgan fingerprint density at radius 2 is 1.68 bits per heavy atom. The largest absolute Gasteiger partial charge is 0.347 e. The van der Waals surface area contributed by atoms with Crippen LogP contribution in [-0.2, 0) is 19.5 Å². The fourth-order valence-corrected chi connectivity index (χ4v) is 5.78. The Morgan fingerprint density at radius 3 is 2.29 bits per heavy atom. The van der Waals surface area contributed by atoms with Crippen molar-refractivity contribution in [1.29, 1.82) is 0 Å². The summed E-state index contributed by atoms with van der Waals surface area (Å²) in [5.41, 5.74) is 0.540. The predicted octanol–water partition coefficient (Wildman–Crippen LogP) is 2.23. The van der Waals surface area contributed by atoms with Crippen LogP contribution in [0.4, 0.5) is 0 Å². The van der Waals surface area contributed by atoms with Crippen LogP contribution in [-0.4, -0.2) is 68.2 Å². The lowest BCUT2D eigenvalue weighted by molar-refractivity contribution is -0.179. The first-order chi connectivity index (χ1) is 13.4. The van der Waals surface area contributed by atoms with Crippen LogP contribution in [0, 0.1) is 0 Å². The number of piperidine rings is 2. The Labute approximate surface area is 166 Å². The van der Waals surface area contributed by atoms with Gasteiger partial charge in [-0.3, -0.25) is 4.79 Å². The predicted molar refractivity (Wildman–Crippen MR) is 103 cm³/mol. The highest BCUT2D eigenvalue weighted by Gasteiger charge is 2.42. The molecule has 4 rings (SSSR count). The lowest BCUT2D eigenvalue weighted by Gasteiger charge is -2.36. The molecule has 0 saturated carbocycles. The number of carbonyl (C=O) groups is 1. The van der Waals surface area contributed by atoms with Gasteiger partial charge >= 0.3 is 0 Å². The van der Waals surface area contributed by atoms with Gasteiger partial charge in [0.05, 0.1) is 18.1 Å². The average molecular weight is 409 g/mol. The molecule has 3 aliphatic heterocycles. The molecular weight excluding hydrogens is 380 g/mol. The summed E-state index contributed by atoms with van der Waals surface area (Å²) in [6.07, 6.45) is 4.26. The van der Waals surface area contributed by atoms with E-state index in [1.807, 2.05) is 4.90 Å². The maximum absolute atomic E-state index is 13.0. The second kappa shape index (κ2) is 7.74.